The van der Waals surface area contributed by atoms with Crippen LogP contribution in [0.1, 0.15) is 29.3 Å². The topological polar surface area (TPSA) is 68.3 Å². The van der Waals surface area contributed by atoms with Crippen LogP contribution in [0.3, 0.4) is 0 Å². The number of hydrogen-bond donors (Lipinski definition) is 0. The van der Waals surface area contributed by atoms with Crippen molar-refractivity contribution in [3.63, 3.8) is 0 Å². The largest absolute Gasteiger partial charge is 0.491 e. The zero-order chi connectivity index (χ0) is 23.2. The van der Waals surface area contributed by atoms with E-state index < -0.39 is 0 Å². The number of ether oxygens (including phenoxy) is 3. The summed E-state index contributed by atoms with van der Waals surface area (Å²) in [6.45, 7) is 1.96. The maximum atomic E-state index is 13.5. The number of rotatable bonds is 9. The third-order valence-corrected chi connectivity index (χ3v) is 7.28. The Morgan fingerprint density at radius 2 is 2.09 bits per heavy atom. The van der Waals surface area contributed by atoms with Gasteiger partial charge in [0.05, 0.1) is 18.7 Å². The lowest BCUT2D eigenvalue weighted by Crippen LogP contribution is -2.49. The van der Waals surface area contributed by atoms with Gasteiger partial charge in [-0.05, 0) is 60.5 Å². The van der Waals surface area contributed by atoms with E-state index in [1.165, 1.54) is 12.0 Å². The molecular weight excluding hydrogens is 464 g/mol. The quantitative estimate of drug-likeness (QED) is 0.535. The Kier molecular flexibility index (Phi) is 8.25. The Labute approximate surface area is 203 Å². The van der Waals surface area contributed by atoms with Crippen LogP contribution in [0.5, 0.6) is 5.75 Å². The van der Waals surface area contributed by atoms with Crippen LogP contribution in [-0.4, -0.2) is 74.3 Å². The lowest BCUT2D eigenvalue weighted by atomic mass is 10.0. The van der Waals surface area contributed by atoms with Crippen molar-refractivity contribution in [2.24, 2.45) is 0 Å². The van der Waals surface area contributed by atoms with Gasteiger partial charge in [0, 0.05) is 36.7 Å². The molecule has 1 aromatic carbocycles. The molecule has 2 atom stereocenters. The van der Waals surface area contributed by atoms with Gasteiger partial charge in [0.15, 0.2) is 0 Å². The summed E-state index contributed by atoms with van der Waals surface area (Å²) in [5, 5.41) is 2.70. The first-order valence-corrected chi connectivity index (χ1v) is 12.4. The summed E-state index contributed by atoms with van der Waals surface area (Å²) in [5.41, 5.74) is 1.11. The predicted octanol–water partition coefficient (Wildman–Crippen LogP) is 3.56. The van der Waals surface area contributed by atoms with Gasteiger partial charge in [-0.1, -0.05) is 11.6 Å². The molecule has 1 fully saturated rings. The molecule has 7 nitrogen and oxygen atoms in total. The number of carbonyl (C=O) groups excluding carboxylic acids is 2. The minimum Gasteiger partial charge on any atom is -0.491 e. The molecule has 0 saturated carbocycles. The van der Waals surface area contributed by atoms with E-state index in [-0.39, 0.29) is 37.1 Å². The van der Waals surface area contributed by atoms with E-state index >= 15 is 0 Å². The van der Waals surface area contributed by atoms with Crippen LogP contribution in [0.4, 0.5) is 0 Å². The molecule has 2 aliphatic heterocycles. The van der Waals surface area contributed by atoms with Crippen molar-refractivity contribution in [1.82, 2.24) is 9.80 Å². The molecule has 2 aromatic rings. The molecule has 0 bridgehead atoms. The Bertz CT molecular complexity index is 945. The lowest BCUT2D eigenvalue weighted by molar-refractivity contribution is -0.145. The molecule has 1 aromatic heterocycles. The van der Waals surface area contributed by atoms with Crippen molar-refractivity contribution in [2.45, 2.75) is 31.4 Å². The molecule has 9 heteroatoms. The first-order chi connectivity index (χ1) is 16.0. The van der Waals surface area contributed by atoms with Crippen LogP contribution in [0.2, 0.25) is 5.02 Å². The first kappa shape index (κ1) is 24.0. The molecule has 4 rings (SSSR count). The van der Waals surface area contributed by atoms with E-state index in [2.05, 4.69) is 11.4 Å². The fourth-order valence-electron chi connectivity index (χ4n) is 4.34. The van der Waals surface area contributed by atoms with Gasteiger partial charge >= 0.3 is 0 Å². The van der Waals surface area contributed by atoms with Crippen LogP contribution in [0, 0.1) is 0 Å². The molecule has 0 N–H and O–H groups in total. The van der Waals surface area contributed by atoms with Gasteiger partial charge in [-0.2, -0.15) is 0 Å². The summed E-state index contributed by atoms with van der Waals surface area (Å²) in [7, 11) is 1.48. The summed E-state index contributed by atoms with van der Waals surface area (Å²) < 4.78 is 16.8. The summed E-state index contributed by atoms with van der Waals surface area (Å²) in [6.07, 6.45) is 2.63. The van der Waals surface area contributed by atoms with Crippen LogP contribution >= 0.6 is 22.9 Å². The fourth-order valence-corrected chi connectivity index (χ4v) is 5.39. The van der Waals surface area contributed by atoms with Gasteiger partial charge in [-0.25, -0.2) is 0 Å². The molecule has 0 radical (unpaired) electrons. The minimum atomic E-state index is -0.217. The summed E-state index contributed by atoms with van der Waals surface area (Å²) >= 11 is 7.68. The molecule has 2 unspecified atom stereocenters. The maximum absolute atomic E-state index is 13.5. The van der Waals surface area contributed by atoms with Crippen molar-refractivity contribution in [3.8, 4) is 5.75 Å². The van der Waals surface area contributed by atoms with Crippen LogP contribution in [0.15, 0.2) is 35.7 Å². The SMILES string of the molecule is COCC(=O)N(CC(=O)N1CCc2sccc2C1COc1ccc(Cl)cc1)CC1CCCO1. The molecule has 3 heterocycles. The number of carbonyl (C=O) groups is 2. The highest BCUT2D eigenvalue weighted by atomic mass is 35.5. The van der Waals surface area contributed by atoms with Gasteiger partial charge in [-0.15, -0.1) is 11.3 Å². The van der Waals surface area contributed by atoms with Crippen molar-refractivity contribution in [3.05, 3.63) is 51.2 Å². The molecule has 178 valence electrons. The third kappa shape index (κ3) is 6.06. The van der Waals surface area contributed by atoms with Crippen molar-refractivity contribution < 1.29 is 23.8 Å². The first-order valence-electron chi connectivity index (χ1n) is 11.2. The molecular formula is C24H29ClN2O5S. The van der Waals surface area contributed by atoms with E-state index in [1.807, 2.05) is 17.0 Å². The second kappa shape index (κ2) is 11.3. The lowest BCUT2D eigenvalue weighted by Gasteiger charge is -2.37. The number of thiophene rings is 1. The van der Waals surface area contributed by atoms with Gasteiger partial charge in [0.1, 0.15) is 19.0 Å². The van der Waals surface area contributed by atoms with Gasteiger partial charge in [-0.3, -0.25) is 9.59 Å². The van der Waals surface area contributed by atoms with E-state index in [1.54, 1.807) is 28.4 Å². The highest BCUT2D eigenvalue weighted by Crippen LogP contribution is 2.34. The number of nitrogens with zero attached hydrogens (tertiary/aromatic N) is 2. The number of amides is 2. The zero-order valence-electron chi connectivity index (χ0n) is 18.7. The zero-order valence-corrected chi connectivity index (χ0v) is 20.3. The minimum absolute atomic E-state index is 0.00102. The normalized spacial score (nSPS) is 19.9. The standard InChI is InChI=1S/C24H29ClN2O5S/c1-30-16-24(29)26(13-19-3-2-11-31-19)14-23(28)27-10-8-22-20(9-12-33-22)21(27)15-32-18-6-4-17(25)5-7-18/h4-7,9,12,19,21H,2-3,8,10-11,13-16H2,1H3. The molecule has 2 aliphatic rings. The van der Waals surface area contributed by atoms with Crippen LogP contribution in [-0.2, 0) is 25.5 Å². The Balaban J connectivity index is 1.48. The second-order valence-corrected chi connectivity index (χ2v) is 9.70. The van der Waals surface area contributed by atoms with Gasteiger partial charge < -0.3 is 24.0 Å². The third-order valence-electron chi connectivity index (χ3n) is 6.03. The predicted molar refractivity (Wildman–Crippen MR) is 127 cm³/mol. The summed E-state index contributed by atoms with van der Waals surface area (Å²) in [4.78, 5) is 30.8. The average molecular weight is 493 g/mol. The fraction of sp³-hybridized carbons (Fsp3) is 0.500. The van der Waals surface area contributed by atoms with E-state index in [4.69, 9.17) is 25.8 Å². The van der Waals surface area contributed by atoms with E-state index in [0.29, 0.717) is 37.1 Å². The maximum Gasteiger partial charge on any atom is 0.249 e. The van der Waals surface area contributed by atoms with Crippen molar-refractivity contribution >= 4 is 34.8 Å². The number of hydrogen-bond acceptors (Lipinski definition) is 6. The Morgan fingerprint density at radius 3 is 2.82 bits per heavy atom. The second-order valence-electron chi connectivity index (χ2n) is 8.26. The van der Waals surface area contributed by atoms with Crippen LogP contribution in [0.25, 0.3) is 0 Å². The Hall–Kier alpha value is -2.13. The number of halogens is 1. The van der Waals surface area contributed by atoms with E-state index in [9.17, 15) is 9.59 Å². The van der Waals surface area contributed by atoms with Crippen LogP contribution < -0.4 is 4.74 Å². The van der Waals surface area contributed by atoms with Crippen molar-refractivity contribution in [1.29, 1.82) is 0 Å². The van der Waals surface area contributed by atoms with E-state index in [0.717, 1.165) is 24.8 Å². The molecule has 2 amide bonds. The summed E-state index contributed by atoms with van der Waals surface area (Å²) in [6, 6.07) is 9.04. The molecule has 33 heavy (non-hydrogen) atoms. The molecule has 0 aliphatic carbocycles. The van der Waals surface area contributed by atoms with Gasteiger partial charge in [0.25, 0.3) is 0 Å². The number of benzene rings is 1. The highest BCUT2D eigenvalue weighted by molar-refractivity contribution is 7.10. The van der Waals surface area contributed by atoms with Gasteiger partial charge in [0.2, 0.25) is 11.8 Å². The number of methoxy groups -OCH3 is 1. The average Bonchev–Trinajstić information content (AvgIpc) is 3.50. The smallest absolute Gasteiger partial charge is 0.249 e. The molecule has 1 saturated heterocycles. The monoisotopic (exact) mass is 492 g/mol. The summed E-state index contributed by atoms with van der Waals surface area (Å²) in [5.74, 6) is 0.395. The number of fused-ring (bicyclic) bond motifs is 1. The highest BCUT2D eigenvalue weighted by Gasteiger charge is 2.34. The Morgan fingerprint density at radius 1 is 1.27 bits per heavy atom. The van der Waals surface area contributed by atoms with Crippen molar-refractivity contribution in [2.75, 3.05) is 46.6 Å². The molecule has 0 spiro atoms.